The minimum absolute atomic E-state index is 0.109. The Labute approximate surface area is 114 Å². The number of rotatable bonds is 4. The van der Waals surface area contributed by atoms with Crippen LogP contribution < -0.4 is 0 Å². The molecule has 0 bridgehead atoms. The molecule has 0 saturated heterocycles. The Kier molecular flexibility index (Phi) is 4.15. The molecule has 4 heteroatoms. The Morgan fingerprint density at radius 1 is 1.33 bits per heavy atom. The molecule has 0 saturated carbocycles. The standard InChI is InChI=1S/C14H12ClFOS/c1-2-3-12(17)14-7-6-13(18-14)9-4-5-10(15)11(16)8-9/h4-8H,2-3H2,1H3. The van der Waals surface area contributed by atoms with Crippen LogP contribution in [0.25, 0.3) is 10.4 Å². The number of carbonyl (C=O) groups is 1. The zero-order valence-corrected chi connectivity index (χ0v) is 11.4. The molecule has 2 aromatic rings. The van der Waals surface area contributed by atoms with E-state index in [9.17, 15) is 9.18 Å². The second kappa shape index (κ2) is 5.63. The van der Waals surface area contributed by atoms with Crippen molar-refractivity contribution >= 4 is 28.7 Å². The lowest BCUT2D eigenvalue weighted by molar-refractivity contribution is 0.0985. The maximum Gasteiger partial charge on any atom is 0.172 e. The van der Waals surface area contributed by atoms with Gasteiger partial charge in [-0.3, -0.25) is 4.79 Å². The van der Waals surface area contributed by atoms with Crippen LogP contribution in [0.2, 0.25) is 5.02 Å². The molecule has 0 aliphatic carbocycles. The molecule has 0 unspecified atom stereocenters. The van der Waals surface area contributed by atoms with Crippen LogP contribution in [-0.2, 0) is 0 Å². The molecule has 1 nitrogen and oxygen atoms in total. The zero-order chi connectivity index (χ0) is 13.1. The summed E-state index contributed by atoms with van der Waals surface area (Å²) in [4.78, 5) is 13.3. The molecule has 2 rings (SSSR count). The molecular weight excluding hydrogens is 271 g/mol. The number of thiophene rings is 1. The van der Waals surface area contributed by atoms with E-state index in [2.05, 4.69) is 0 Å². The number of benzene rings is 1. The van der Waals surface area contributed by atoms with E-state index in [0.717, 1.165) is 21.7 Å². The largest absolute Gasteiger partial charge is 0.293 e. The van der Waals surface area contributed by atoms with Crippen LogP contribution in [-0.4, -0.2) is 5.78 Å². The van der Waals surface area contributed by atoms with Crippen molar-refractivity contribution in [2.24, 2.45) is 0 Å². The Morgan fingerprint density at radius 2 is 2.11 bits per heavy atom. The lowest BCUT2D eigenvalue weighted by Crippen LogP contribution is -1.93. The molecule has 0 atom stereocenters. The molecule has 0 radical (unpaired) electrons. The van der Waals surface area contributed by atoms with Gasteiger partial charge in [-0.2, -0.15) is 0 Å². The summed E-state index contributed by atoms with van der Waals surface area (Å²) in [5.41, 5.74) is 0.748. The van der Waals surface area contributed by atoms with Gasteiger partial charge in [-0.25, -0.2) is 4.39 Å². The predicted octanol–water partition coefficient (Wildman–Crippen LogP) is 5.19. The molecule has 1 aromatic carbocycles. The highest BCUT2D eigenvalue weighted by atomic mass is 35.5. The Morgan fingerprint density at radius 3 is 2.78 bits per heavy atom. The summed E-state index contributed by atoms with van der Waals surface area (Å²) < 4.78 is 13.4. The van der Waals surface area contributed by atoms with Gasteiger partial charge in [-0.05, 0) is 36.2 Å². The average molecular weight is 283 g/mol. The molecule has 0 fully saturated rings. The molecule has 1 heterocycles. The zero-order valence-electron chi connectivity index (χ0n) is 9.87. The van der Waals surface area contributed by atoms with Gasteiger partial charge in [0.05, 0.1) is 9.90 Å². The van der Waals surface area contributed by atoms with Gasteiger partial charge >= 0.3 is 0 Å². The highest BCUT2D eigenvalue weighted by Gasteiger charge is 2.10. The van der Waals surface area contributed by atoms with Gasteiger partial charge in [0.25, 0.3) is 0 Å². The maximum atomic E-state index is 13.4. The van der Waals surface area contributed by atoms with Gasteiger partial charge in [0, 0.05) is 11.3 Å². The van der Waals surface area contributed by atoms with Crippen molar-refractivity contribution in [1.82, 2.24) is 0 Å². The van der Waals surface area contributed by atoms with Crippen LogP contribution in [0, 0.1) is 5.82 Å². The fraction of sp³-hybridized carbons (Fsp3) is 0.214. The minimum atomic E-state index is -0.441. The van der Waals surface area contributed by atoms with Crippen LogP contribution in [0.4, 0.5) is 4.39 Å². The summed E-state index contributed by atoms with van der Waals surface area (Å²) >= 11 is 7.03. The van der Waals surface area contributed by atoms with E-state index in [1.54, 1.807) is 12.1 Å². The second-order valence-electron chi connectivity index (χ2n) is 3.97. The fourth-order valence-electron chi connectivity index (χ4n) is 1.64. The lowest BCUT2D eigenvalue weighted by Gasteiger charge is -1.99. The van der Waals surface area contributed by atoms with E-state index in [1.807, 2.05) is 13.0 Å². The van der Waals surface area contributed by atoms with Crippen LogP contribution in [0.15, 0.2) is 30.3 Å². The quantitative estimate of drug-likeness (QED) is 0.705. The molecular formula is C14H12ClFOS. The highest BCUT2D eigenvalue weighted by Crippen LogP contribution is 2.30. The number of carbonyl (C=O) groups excluding carboxylic acids is 1. The highest BCUT2D eigenvalue weighted by molar-refractivity contribution is 7.17. The normalized spacial score (nSPS) is 10.6. The van der Waals surface area contributed by atoms with Crippen LogP contribution in [0.5, 0.6) is 0 Å². The van der Waals surface area contributed by atoms with Crippen LogP contribution in [0.3, 0.4) is 0 Å². The van der Waals surface area contributed by atoms with Crippen molar-refractivity contribution in [3.63, 3.8) is 0 Å². The molecule has 0 aliphatic heterocycles. The fourth-order valence-corrected chi connectivity index (χ4v) is 2.73. The first kappa shape index (κ1) is 13.2. The topological polar surface area (TPSA) is 17.1 Å². The minimum Gasteiger partial charge on any atom is -0.293 e. The SMILES string of the molecule is CCCC(=O)c1ccc(-c2ccc(Cl)c(F)c2)s1. The summed E-state index contributed by atoms with van der Waals surface area (Å²) in [5.74, 6) is -0.299. The smallest absolute Gasteiger partial charge is 0.172 e. The van der Waals surface area contributed by atoms with Crippen LogP contribution in [0.1, 0.15) is 29.4 Å². The summed E-state index contributed by atoms with van der Waals surface area (Å²) in [6, 6.07) is 8.31. The molecule has 0 N–H and O–H groups in total. The molecule has 1 aromatic heterocycles. The van der Waals surface area contributed by atoms with E-state index in [1.165, 1.54) is 23.5 Å². The first-order valence-corrected chi connectivity index (χ1v) is 6.89. The van der Waals surface area contributed by atoms with Gasteiger partial charge in [-0.15, -0.1) is 11.3 Å². The van der Waals surface area contributed by atoms with Crippen molar-refractivity contribution in [3.05, 3.63) is 46.0 Å². The third kappa shape index (κ3) is 2.79. The lowest BCUT2D eigenvalue weighted by atomic mass is 10.2. The Balaban J connectivity index is 2.29. The van der Waals surface area contributed by atoms with Crippen molar-refractivity contribution in [2.75, 3.05) is 0 Å². The number of hydrogen-bond donors (Lipinski definition) is 0. The summed E-state index contributed by atoms with van der Waals surface area (Å²) in [5, 5.41) is 0.109. The Hall–Kier alpha value is -1.19. The van der Waals surface area contributed by atoms with Gasteiger partial charge in [0.2, 0.25) is 0 Å². The second-order valence-corrected chi connectivity index (χ2v) is 5.46. The first-order valence-electron chi connectivity index (χ1n) is 5.70. The van der Waals surface area contributed by atoms with Crippen molar-refractivity contribution in [2.45, 2.75) is 19.8 Å². The molecule has 94 valence electrons. The summed E-state index contributed by atoms with van der Waals surface area (Å²) in [6.07, 6.45) is 1.39. The van der Waals surface area contributed by atoms with Gasteiger partial charge in [0.15, 0.2) is 5.78 Å². The van der Waals surface area contributed by atoms with E-state index in [0.29, 0.717) is 6.42 Å². The predicted molar refractivity (Wildman–Crippen MR) is 74.0 cm³/mol. The van der Waals surface area contributed by atoms with E-state index < -0.39 is 5.82 Å². The molecule has 0 spiro atoms. The summed E-state index contributed by atoms with van der Waals surface area (Å²) in [7, 11) is 0. The van der Waals surface area contributed by atoms with Gasteiger partial charge in [0.1, 0.15) is 5.82 Å². The number of hydrogen-bond acceptors (Lipinski definition) is 2. The van der Waals surface area contributed by atoms with Crippen molar-refractivity contribution < 1.29 is 9.18 Å². The Bertz CT molecular complexity index is 577. The first-order chi connectivity index (χ1) is 8.61. The van der Waals surface area contributed by atoms with E-state index in [-0.39, 0.29) is 10.8 Å². The molecule has 0 amide bonds. The van der Waals surface area contributed by atoms with Crippen molar-refractivity contribution in [3.8, 4) is 10.4 Å². The van der Waals surface area contributed by atoms with Gasteiger partial charge in [-0.1, -0.05) is 24.6 Å². The monoisotopic (exact) mass is 282 g/mol. The molecule has 0 aliphatic rings. The number of halogens is 2. The maximum absolute atomic E-state index is 13.4. The van der Waals surface area contributed by atoms with Crippen LogP contribution >= 0.6 is 22.9 Å². The summed E-state index contributed by atoms with van der Waals surface area (Å²) in [6.45, 7) is 1.97. The molecule has 18 heavy (non-hydrogen) atoms. The van der Waals surface area contributed by atoms with E-state index in [4.69, 9.17) is 11.6 Å². The number of Topliss-reactive ketones (excluding diaryl/α,β-unsaturated/α-hetero) is 1. The third-order valence-electron chi connectivity index (χ3n) is 2.56. The van der Waals surface area contributed by atoms with E-state index >= 15 is 0 Å². The van der Waals surface area contributed by atoms with Crippen molar-refractivity contribution in [1.29, 1.82) is 0 Å². The third-order valence-corrected chi connectivity index (χ3v) is 4.04. The van der Waals surface area contributed by atoms with Gasteiger partial charge < -0.3 is 0 Å². The average Bonchev–Trinajstić information content (AvgIpc) is 2.82. The number of ketones is 1.